The average Bonchev–Trinajstić information content (AvgIpc) is 2.96. The summed E-state index contributed by atoms with van der Waals surface area (Å²) in [6.07, 6.45) is 1.89. The highest BCUT2D eigenvalue weighted by Crippen LogP contribution is 2.62. The van der Waals surface area contributed by atoms with Gasteiger partial charge >= 0.3 is 5.97 Å². The molecule has 5 atom stereocenters. The van der Waals surface area contributed by atoms with Crippen molar-refractivity contribution in [2.24, 2.45) is 17.8 Å². The molecule has 4 nitrogen and oxygen atoms in total. The molecule has 0 spiro atoms. The summed E-state index contributed by atoms with van der Waals surface area (Å²) in [6.45, 7) is 10.5. The molecule has 0 aromatic rings. The van der Waals surface area contributed by atoms with E-state index in [1.54, 1.807) is 0 Å². The molecule has 0 aromatic heterocycles. The first-order chi connectivity index (χ1) is 10.3. The van der Waals surface area contributed by atoms with Gasteiger partial charge in [-0.05, 0) is 51.5 Å². The Kier molecular flexibility index (Phi) is 3.69. The normalized spacial score (nSPS) is 43.7. The second kappa shape index (κ2) is 5.07. The van der Waals surface area contributed by atoms with E-state index in [2.05, 4.69) is 20.8 Å². The van der Waals surface area contributed by atoms with Crippen LogP contribution in [-0.4, -0.2) is 35.0 Å². The van der Waals surface area contributed by atoms with E-state index in [9.17, 15) is 9.90 Å². The SMILES string of the molecule is CCOC(=O)[C@@H]1C[C@]2(C(C)C)O[C@@]1(C)[C@@H]1CCC(C)=C1[C@@H]2O. The Hall–Kier alpha value is -0.870. The summed E-state index contributed by atoms with van der Waals surface area (Å²) in [7, 11) is 0. The van der Waals surface area contributed by atoms with Crippen LogP contribution in [0.3, 0.4) is 0 Å². The Morgan fingerprint density at radius 3 is 2.77 bits per heavy atom. The number of hydrogen-bond donors (Lipinski definition) is 1. The second-order valence-electron chi connectivity index (χ2n) is 7.63. The summed E-state index contributed by atoms with van der Waals surface area (Å²) in [5.74, 6) is -0.196. The monoisotopic (exact) mass is 308 g/mol. The molecular weight excluding hydrogens is 280 g/mol. The fourth-order valence-corrected chi connectivity index (χ4v) is 5.00. The Labute approximate surface area is 132 Å². The third-order valence-electron chi connectivity index (χ3n) is 6.30. The third kappa shape index (κ3) is 1.86. The van der Waals surface area contributed by atoms with E-state index in [1.165, 1.54) is 5.57 Å². The van der Waals surface area contributed by atoms with E-state index in [-0.39, 0.29) is 23.7 Å². The van der Waals surface area contributed by atoms with Crippen molar-refractivity contribution in [2.45, 2.75) is 71.2 Å². The zero-order valence-corrected chi connectivity index (χ0v) is 14.3. The molecule has 2 fully saturated rings. The predicted octanol–water partition coefficient (Wildman–Crippen LogP) is 2.84. The van der Waals surface area contributed by atoms with Gasteiger partial charge in [-0.25, -0.2) is 0 Å². The van der Waals surface area contributed by atoms with Crippen molar-refractivity contribution in [1.29, 1.82) is 0 Å². The topological polar surface area (TPSA) is 55.8 Å². The molecule has 22 heavy (non-hydrogen) atoms. The number of allylic oxidation sites excluding steroid dienone is 1. The molecule has 1 N–H and O–H groups in total. The Bertz CT molecular complexity index is 523. The average molecular weight is 308 g/mol. The van der Waals surface area contributed by atoms with Crippen LogP contribution in [0.15, 0.2) is 11.1 Å². The summed E-state index contributed by atoms with van der Waals surface area (Å²) in [6, 6.07) is 0. The molecule has 0 saturated carbocycles. The van der Waals surface area contributed by atoms with Crippen molar-refractivity contribution < 1.29 is 19.4 Å². The lowest BCUT2D eigenvalue weighted by Crippen LogP contribution is -2.57. The molecular formula is C18H28O4. The van der Waals surface area contributed by atoms with Crippen LogP contribution in [0.2, 0.25) is 0 Å². The summed E-state index contributed by atoms with van der Waals surface area (Å²) >= 11 is 0. The van der Waals surface area contributed by atoms with Crippen LogP contribution in [0, 0.1) is 17.8 Å². The molecule has 2 bridgehead atoms. The molecule has 124 valence electrons. The maximum absolute atomic E-state index is 12.5. The highest BCUT2D eigenvalue weighted by atomic mass is 16.6. The molecule has 3 rings (SSSR count). The number of carbonyl (C=O) groups excluding carboxylic acids is 1. The number of hydrogen-bond acceptors (Lipinski definition) is 4. The van der Waals surface area contributed by atoms with E-state index in [0.717, 1.165) is 18.4 Å². The van der Waals surface area contributed by atoms with Crippen LogP contribution >= 0.6 is 0 Å². The Balaban J connectivity index is 2.09. The molecule has 1 aliphatic carbocycles. The number of esters is 1. The minimum atomic E-state index is -0.663. The van der Waals surface area contributed by atoms with Gasteiger partial charge in [-0.1, -0.05) is 19.4 Å². The van der Waals surface area contributed by atoms with Gasteiger partial charge < -0.3 is 14.6 Å². The van der Waals surface area contributed by atoms with Gasteiger partial charge in [0.15, 0.2) is 0 Å². The van der Waals surface area contributed by atoms with Crippen molar-refractivity contribution in [3.05, 3.63) is 11.1 Å². The Morgan fingerprint density at radius 2 is 2.18 bits per heavy atom. The van der Waals surface area contributed by atoms with Crippen LogP contribution in [0.1, 0.15) is 53.9 Å². The van der Waals surface area contributed by atoms with Gasteiger partial charge in [-0.2, -0.15) is 0 Å². The van der Waals surface area contributed by atoms with E-state index in [1.807, 2.05) is 13.8 Å². The third-order valence-corrected chi connectivity index (χ3v) is 6.30. The fourth-order valence-electron chi connectivity index (χ4n) is 5.00. The lowest BCUT2D eigenvalue weighted by Gasteiger charge is -2.49. The number of ether oxygens (including phenoxy) is 2. The largest absolute Gasteiger partial charge is 0.466 e. The number of aliphatic hydroxyl groups excluding tert-OH is 1. The zero-order valence-electron chi connectivity index (χ0n) is 14.3. The van der Waals surface area contributed by atoms with Crippen molar-refractivity contribution in [1.82, 2.24) is 0 Å². The smallest absolute Gasteiger partial charge is 0.311 e. The van der Waals surface area contributed by atoms with Gasteiger partial charge in [-0.15, -0.1) is 0 Å². The van der Waals surface area contributed by atoms with E-state index in [0.29, 0.717) is 13.0 Å². The lowest BCUT2D eigenvalue weighted by molar-refractivity contribution is -0.209. The summed E-state index contributed by atoms with van der Waals surface area (Å²) in [4.78, 5) is 12.5. The first-order valence-electron chi connectivity index (χ1n) is 8.52. The molecule has 0 radical (unpaired) electrons. The predicted molar refractivity (Wildman–Crippen MR) is 83.2 cm³/mol. The van der Waals surface area contributed by atoms with Gasteiger partial charge in [0.1, 0.15) is 11.7 Å². The molecule has 2 aliphatic heterocycles. The molecule has 2 heterocycles. The molecule has 0 aromatic carbocycles. The summed E-state index contributed by atoms with van der Waals surface area (Å²) < 4.78 is 11.8. The van der Waals surface area contributed by atoms with Gasteiger partial charge in [-0.3, -0.25) is 4.79 Å². The number of aliphatic hydroxyl groups is 1. The van der Waals surface area contributed by atoms with Crippen molar-refractivity contribution in [2.75, 3.05) is 6.61 Å². The standard InChI is InChI=1S/C18H28O4/c1-6-21-16(20)13-9-18(10(2)3)15(19)14-11(4)7-8-12(14)17(13,5)22-18/h10,12-13,15,19H,6-9H2,1-5H3/t12-,13+,15+,17+,18-/m1/s1. The van der Waals surface area contributed by atoms with Gasteiger partial charge in [0.25, 0.3) is 0 Å². The van der Waals surface area contributed by atoms with Crippen LogP contribution in [0.5, 0.6) is 0 Å². The van der Waals surface area contributed by atoms with Crippen LogP contribution in [0.25, 0.3) is 0 Å². The summed E-state index contributed by atoms with van der Waals surface area (Å²) in [5, 5.41) is 11.1. The number of rotatable bonds is 3. The van der Waals surface area contributed by atoms with Gasteiger partial charge in [0, 0.05) is 5.92 Å². The van der Waals surface area contributed by atoms with Gasteiger partial charge in [0.2, 0.25) is 0 Å². The van der Waals surface area contributed by atoms with E-state index < -0.39 is 17.3 Å². The minimum Gasteiger partial charge on any atom is -0.466 e. The maximum atomic E-state index is 12.5. The first-order valence-corrected chi connectivity index (χ1v) is 8.52. The number of carbonyl (C=O) groups is 1. The second-order valence-corrected chi connectivity index (χ2v) is 7.63. The highest BCUT2D eigenvalue weighted by molar-refractivity contribution is 5.75. The quantitative estimate of drug-likeness (QED) is 0.643. The van der Waals surface area contributed by atoms with Gasteiger partial charge in [0.05, 0.1) is 18.1 Å². The van der Waals surface area contributed by atoms with Crippen molar-refractivity contribution in [3.8, 4) is 0 Å². The highest BCUT2D eigenvalue weighted by Gasteiger charge is 2.69. The maximum Gasteiger partial charge on any atom is 0.311 e. The molecule has 3 aliphatic rings. The van der Waals surface area contributed by atoms with Crippen LogP contribution in [0.4, 0.5) is 0 Å². The van der Waals surface area contributed by atoms with E-state index in [4.69, 9.17) is 9.47 Å². The van der Waals surface area contributed by atoms with Crippen LogP contribution < -0.4 is 0 Å². The fraction of sp³-hybridized carbons (Fsp3) is 0.833. The minimum absolute atomic E-state index is 0.131. The Morgan fingerprint density at radius 1 is 1.50 bits per heavy atom. The van der Waals surface area contributed by atoms with Crippen molar-refractivity contribution >= 4 is 5.97 Å². The van der Waals surface area contributed by atoms with Crippen LogP contribution in [-0.2, 0) is 14.3 Å². The summed E-state index contributed by atoms with van der Waals surface area (Å²) in [5.41, 5.74) is 1.20. The first kappa shape index (κ1) is 16.0. The molecule has 2 saturated heterocycles. The van der Waals surface area contributed by atoms with E-state index >= 15 is 0 Å². The van der Waals surface area contributed by atoms with Crippen molar-refractivity contribution in [3.63, 3.8) is 0 Å². The lowest BCUT2D eigenvalue weighted by atomic mass is 9.74. The zero-order chi connectivity index (χ0) is 16.3. The molecule has 0 amide bonds. The molecule has 4 heteroatoms. The molecule has 0 unspecified atom stereocenters. The number of fused-ring (bicyclic) bond motifs is 4.